The number of nitrogens with one attached hydrogen (secondary N) is 1. The van der Waals surface area contributed by atoms with Gasteiger partial charge in [-0.25, -0.2) is 4.98 Å². The molecule has 6 heteroatoms. The van der Waals surface area contributed by atoms with Crippen LogP contribution in [0.5, 0.6) is 5.75 Å². The zero-order valence-corrected chi connectivity index (χ0v) is 15.0. The van der Waals surface area contributed by atoms with Gasteiger partial charge in [-0.15, -0.1) is 11.3 Å². The third-order valence-corrected chi connectivity index (χ3v) is 5.60. The van der Waals surface area contributed by atoms with E-state index in [0.29, 0.717) is 16.5 Å². The minimum Gasteiger partial charge on any atom is -0.495 e. The van der Waals surface area contributed by atoms with Gasteiger partial charge in [-0.2, -0.15) is 0 Å². The highest BCUT2D eigenvalue weighted by Crippen LogP contribution is 2.33. The van der Waals surface area contributed by atoms with E-state index in [9.17, 15) is 4.79 Å². The molecule has 1 amide bonds. The highest BCUT2D eigenvalue weighted by Gasteiger charge is 2.27. The molecule has 1 aromatic heterocycles. The lowest BCUT2D eigenvalue weighted by molar-refractivity contribution is -0.120. The van der Waals surface area contributed by atoms with Crippen LogP contribution in [0.4, 0.5) is 5.69 Å². The van der Waals surface area contributed by atoms with E-state index in [1.165, 1.54) is 4.88 Å². The van der Waals surface area contributed by atoms with Crippen LogP contribution in [0.25, 0.3) is 0 Å². The maximum absolute atomic E-state index is 12.6. The second-order valence-electron chi connectivity index (χ2n) is 5.83. The molecule has 0 bridgehead atoms. The Bertz CT molecular complexity index is 757. The highest BCUT2D eigenvalue weighted by atomic mass is 35.5. The number of amides is 1. The molecule has 0 saturated heterocycles. The largest absolute Gasteiger partial charge is 0.495 e. The molecule has 1 unspecified atom stereocenters. The Labute approximate surface area is 144 Å². The summed E-state index contributed by atoms with van der Waals surface area (Å²) in [6, 6.07) is 3.59. The van der Waals surface area contributed by atoms with Crippen molar-refractivity contribution in [3.63, 3.8) is 0 Å². The average Bonchev–Trinajstić information content (AvgIpc) is 2.89. The Morgan fingerprint density at radius 2 is 2.22 bits per heavy atom. The molecule has 23 heavy (non-hydrogen) atoms. The van der Waals surface area contributed by atoms with Crippen LogP contribution in [-0.4, -0.2) is 18.0 Å². The van der Waals surface area contributed by atoms with E-state index in [2.05, 4.69) is 10.3 Å². The summed E-state index contributed by atoms with van der Waals surface area (Å²) < 4.78 is 5.32. The standard InChI is InChI=1S/C17H19ClN2O2S/c1-9-6-14(15(22-3)8-12(9)18)20-17(21)11-4-5-13-16(7-11)23-10(2)19-13/h6,8,11H,4-5,7H2,1-3H3,(H,20,21). The maximum Gasteiger partial charge on any atom is 0.227 e. The van der Waals surface area contributed by atoms with Gasteiger partial charge in [0.05, 0.1) is 23.5 Å². The van der Waals surface area contributed by atoms with Crippen molar-refractivity contribution in [2.24, 2.45) is 5.92 Å². The molecule has 0 spiro atoms. The van der Waals surface area contributed by atoms with Gasteiger partial charge in [0.1, 0.15) is 5.75 Å². The number of ether oxygens (including phenoxy) is 1. The van der Waals surface area contributed by atoms with Gasteiger partial charge in [0, 0.05) is 21.9 Å². The van der Waals surface area contributed by atoms with Gasteiger partial charge < -0.3 is 10.1 Å². The number of anilines is 1. The molecule has 1 aromatic carbocycles. The smallest absolute Gasteiger partial charge is 0.227 e. The predicted octanol–water partition coefficient (Wildman–Crippen LogP) is 4.17. The Kier molecular flexibility index (Phi) is 4.60. The molecule has 3 rings (SSSR count). The van der Waals surface area contributed by atoms with E-state index in [0.717, 1.165) is 35.5 Å². The molecule has 0 radical (unpaired) electrons. The molecule has 4 nitrogen and oxygen atoms in total. The lowest BCUT2D eigenvalue weighted by atomic mass is 9.90. The molecule has 0 fully saturated rings. The van der Waals surface area contributed by atoms with Crippen molar-refractivity contribution in [2.45, 2.75) is 33.1 Å². The van der Waals surface area contributed by atoms with Crippen LogP contribution in [0.1, 0.15) is 27.6 Å². The van der Waals surface area contributed by atoms with Crippen molar-refractivity contribution in [1.82, 2.24) is 4.98 Å². The fraction of sp³-hybridized carbons (Fsp3) is 0.412. The average molecular weight is 351 g/mol. The number of carbonyl (C=O) groups is 1. The minimum atomic E-state index is -0.0250. The topological polar surface area (TPSA) is 51.2 Å². The second kappa shape index (κ2) is 6.49. The maximum atomic E-state index is 12.6. The van der Waals surface area contributed by atoms with Gasteiger partial charge in [-0.05, 0) is 44.7 Å². The quantitative estimate of drug-likeness (QED) is 0.904. The number of hydrogen-bond donors (Lipinski definition) is 1. The molecule has 1 aliphatic carbocycles. The van der Waals surface area contributed by atoms with E-state index in [1.54, 1.807) is 24.5 Å². The molecular weight excluding hydrogens is 332 g/mol. The second-order valence-corrected chi connectivity index (χ2v) is 7.53. The Morgan fingerprint density at radius 3 is 2.96 bits per heavy atom. The SMILES string of the molecule is COc1cc(Cl)c(C)cc1NC(=O)C1CCc2nc(C)sc2C1. The van der Waals surface area contributed by atoms with Crippen molar-refractivity contribution in [3.05, 3.63) is 38.3 Å². The van der Waals surface area contributed by atoms with E-state index >= 15 is 0 Å². The zero-order valence-electron chi connectivity index (χ0n) is 13.4. The van der Waals surface area contributed by atoms with Gasteiger partial charge in [0.15, 0.2) is 0 Å². The molecule has 2 aromatic rings. The minimum absolute atomic E-state index is 0.0250. The summed E-state index contributed by atoms with van der Waals surface area (Å²) in [6.07, 6.45) is 2.47. The molecule has 1 aliphatic rings. The van der Waals surface area contributed by atoms with Crippen molar-refractivity contribution in [3.8, 4) is 5.75 Å². The first-order valence-electron chi connectivity index (χ1n) is 7.58. The number of rotatable bonds is 3. The fourth-order valence-electron chi connectivity index (χ4n) is 2.89. The number of aromatic nitrogens is 1. The number of nitrogens with zero attached hydrogens (tertiary/aromatic N) is 1. The fourth-order valence-corrected chi connectivity index (χ4v) is 4.11. The number of aryl methyl sites for hydroxylation is 3. The first-order chi connectivity index (χ1) is 11.0. The van der Waals surface area contributed by atoms with Crippen molar-refractivity contribution >= 4 is 34.5 Å². The third-order valence-electron chi connectivity index (χ3n) is 4.16. The summed E-state index contributed by atoms with van der Waals surface area (Å²) in [5.41, 5.74) is 2.74. The van der Waals surface area contributed by atoms with Crippen LogP contribution in [-0.2, 0) is 17.6 Å². The summed E-state index contributed by atoms with van der Waals surface area (Å²) in [7, 11) is 1.57. The van der Waals surface area contributed by atoms with E-state index in [-0.39, 0.29) is 11.8 Å². The van der Waals surface area contributed by atoms with Crippen molar-refractivity contribution < 1.29 is 9.53 Å². The molecule has 1 heterocycles. The van der Waals surface area contributed by atoms with E-state index in [4.69, 9.17) is 16.3 Å². The van der Waals surface area contributed by atoms with Crippen LogP contribution in [0, 0.1) is 19.8 Å². The Balaban J connectivity index is 1.76. The highest BCUT2D eigenvalue weighted by molar-refractivity contribution is 7.11. The molecule has 122 valence electrons. The van der Waals surface area contributed by atoms with Crippen LogP contribution in [0.2, 0.25) is 5.02 Å². The molecular formula is C17H19ClN2O2S. The van der Waals surface area contributed by atoms with E-state index in [1.807, 2.05) is 19.9 Å². The van der Waals surface area contributed by atoms with Crippen LogP contribution >= 0.6 is 22.9 Å². The van der Waals surface area contributed by atoms with Gasteiger partial charge in [-0.1, -0.05) is 11.6 Å². The zero-order chi connectivity index (χ0) is 16.6. The molecule has 0 saturated carbocycles. The number of halogens is 1. The first-order valence-corrected chi connectivity index (χ1v) is 8.77. The summed E-state index contributed by atoms with van der Waals surface area (Å²) in [4.78, 5) is 18.4. The van der Waals surface area contributed by atoms with Crippen LogP contribution in [0.15, 0.2) is 12.1 Å². The van der Waals surface area contributed by atoms with Gasteiger partial charge in [0.25, 0.3) is 0 Å². The number of methoxy groups -OCH3 is 1. The molecule has 1 N–H and O–H groups in total. The van der Waals surface area contributed by atoms with Crippen molar-refractivity contribution in [2.75, 3.05) is 12.4 Å². The number of thiazole rings is 1. The van der Waals surface area contributed by atoms with Crippen LogP contribution in [0.3, 0.4) is 0 Å². The first kappa shape index (κ1) is 16.3. The summed E-state index contributed by atoms with van der Waals surface area (Å²) in [6.45, 7) is 3.92. The van der Waals surface area contributed by atoms with E-state index < -0.39 is 0 Å². The number of carbonyl (C=O) groups excluding carboxylic acids is 1. The lowest BCUT2D eigenvalue weighted by Crippen LogP contribution is -2.28. The number of fused-ring (bicyclic) bond motifs is 1. The lowest BCUT2D eigenvalue weighted by Gasteiger charge is -2.21. The monoisotopic (exact) mass is 350 g/mol. The third kappa shape index (κ3) is 3.35. The van der Waals surface area contributed by atoms with Crippen molar-refractivity contribution in [1.29, 1.82) is 0 Å². The summed E-state index contributed by atoms with van der Waals surface area (Å²) >= 11 is 7.81. The van der Waals surface area contributed by atoms with Gasteiger partial charge >= 0.3 is 0 Å². The number of benzene rings is 1. The van der Waals surface area contributed by atoms with Gasteiger partial charge in [0.2, 0.25) is 5.91 Å². The van der Waals surface area contributed by atoms with Crippen LogP contribution < -0.4 is 10.1 Å². The Hall–Kier alpha value is -1.59. The molecule has 1 atom stereocenters. The van der Waals surface area contributed by atoms with Gasteiger partial charge in [-0.3, -0.25) is 4.79 Å². The summed E-state index contributed by atoms with van der Waals surface area (Å²) in [5, 5.41) is 4.70. The molecule has 0 aliphatic heterocycles. The predicted molar refractivity (Wildman–Crippen MR) is 93.7 cm³/mol. The Morgan fingerprint density at radius 1 is 1.43 bits per heavy atom. The number of hydrogen-bond acceptors (Lipinski definition) is 4. The summed E-state index contributed by atoms with van der Waals surface area (Å²) in [5.74, 6) is 0.587. The normalized spacial score (nSPS) is 16.8.